The molecule has 0 saturated carbocycles. The molecule has 1 amide bonds. The minimum atomic E-state index is -0.175. The van der Waals surface area contributed by atoms with E-state index in [2.05, 4.69) is 29.3 Å². The summed E-state index contributed by atoms with van der Waals surface area (Å²) in [6.45, 7) is 5.48. The molecule has 0 aliphatic carbocycles. The molecule has 1 N–H and O–H groups in total. The van der Waals surface area contributed by atoms with Crippen LogP contribution < -0.4 is 9.47 Å². The normalized spacial score (nSPS) is 15.3. The Morgan fingerprint density at radius 2 is 1.71 bits per heavy atom. The van der Waals surface area contributed by atoms with Crippen LogP contribution >= 0.6 is 0 Å². The van der Waals surface area contributed by atoms with Gasteiger partial charge in [0.1, 0.15) is 17.2 Å². The number of H-pyrrole nitrogens is 1. The molecule has 0 spiro atoms. The third-order valence-electron chi connectivity index (χ3n) is 5.74. The van der Waals surface area contributed by atoms with E-state index in [1.807, 2.05) is 48.2 Å². The van der Waals surface area contributed by atoms with Gasteiger partial charge in [-0.1, -0.05) is 31.9 Å². The average molecular weight is 420 g/mol. The fraction of sp³-hybridized carbons (Fsp3) is 0.360. The van der Waals surface area contributed by atoms with Crippen LogP contribution in [0, 0.1) is 0 Å². The summed E-state index contributed by atoms with van der Waals surface area (Å²) >= 11 is 0. The van der Waals surface area contributed by atoms with Gasteiger partial charge in [0.05, 0.1) is 25.5 Å². The number of rotatable bonds is 9. The number of aromatic amines is 1. The third-order valence-corrected chi connectivity index (χ3v) is 5.74. The van der Waals surface area contributed by atoms with Crippen molar-refractivity contribution in [3.63, 3.8) is 0 Å². The van der Waals surface area contributed by atoms with E-state index in [0.29, 0.717) is 12.3 Å². The number of fused-ring (bicyclic) bond motifs is 1. The monoisotopic (exact) mass is 419 g/mol. The first kappa shape index (κ1) is 21.0. The molecule has 1 unspecified atom stereocenters. The summed E-state index contributed by atoms with van der Waals surface area (Å²) in [4.78, 5) is 15.3. The van der Waals surface area contributed by atoms with Crippen molar-refractivity contribution in [2.75, 3.05) is 20.3 Å². The highest BCUT2D eigenvalue weighted by Crippen LogP contribution is 2.43. The van der Waals surface area contributed by atoms with Crippen LogP contribution in [-0.4, -0.2) is 41.3 Å². The van der Waals surface area contributed by atoms with Crippen LogP contribution in [0.3, 0.4) is 0 Å². The van der Waals surface area contributed by atoms with Gasteiger partial charge in [-0.2, -0.15) is 5.10 Å². The van der Waals surface area contributed by atoms with Crippen molar-refractivity contribution in [2.24, 2.45) is 0 Å². The van der Waals surface area contributed by atoms with Crippen LogP contribution in [0.25, 0.3) is 11.3 Å². The number of amides is 1. The second-order valence-corrected chi connectivity index (χ2v) is 7.70. The van der Waals surface area contributed by atoms with Crippen LogP contribution in [0.15, 0.2) is 48.5 Å². The van der Waals surface area contributed by atoms with Gasteiger partial charge in [-0.3, -0.25) is 9.89 Å². The van der Waals surface area contributed by atoms with Gasteiger partial charge in [-0.05, 0) is 55.3 Å². The number of hydrogen-bond donors (Lipinski definition) is 1. The fourth-order valence-electron chi connectivity index (χ4n) is 4.19. The molecule has 1 aromatic heterocycles. The molecule has 6 heteroatoms. The van der Waals surface area contributed by atoms with E-state index in [1.165, 1.54) is 0 Å². The fourth-order valence-corrected chi connectivity index (χ4v) is 4.19. The summed E-state index contributed by atoms with van der Waals surface area (Å²) in [5, 5.41) is 7.55. The van der Waals surface area contributed by atoms with Gasteiger partial charge in [0.2, 0.25) is 0 Å². The first-order valence-electron chi connectivity index (χ1n) is 10.9. The standard InChI is InChI=1S/C25H29N3O3/c1-4-6-7-16-28-24(18-10-14-20(15-11-18)31-5-2)21-22(26-27-23(21)25(28)29)17-8-12-19(30-3)13-9-17/h8-15,24H,4-7,16H2,1-3H3,(H,26,27). The molecular formula is C25H29N3O3. The summed E-state index contributed by atoms with van der Waals surface area (Å²) in [5.74, 6) is 1.63. The maximum atomic E-state index is 13.3. The van der Waals surface area contributed by atoms with Crippen molar-refractivity contribution in [2.45, 2.75) is 39.2 Å². The third kappa shape index (κ3) is 4.02. The first-order chi connectivity index (χ1) is 15.2. The number of nitrogens with one attached hydrogen (secondary N) is 1. The maximum absolute atomic E-state index is 13.3. The Morgan fingerprint density at radius 1 is 1.00 bits per heavy atom. The molecule has 0 radical (unpaired) electrons. The summed E-state index contributed by atoms with van der Waals surface area (Å²) < 4.78 is 10.9. The maximum Gasteiger partial charge on any atom is 0.273 e. The topological polar surface area (TPSA) is 67.5 Å². The van der Waals surface area contributed by atoms with Gasteiger partial charge in [0.15, 0.2) is 0 Å². The molecule has 1 aliphatic rings. The average Bonchev–Trinajstić information content (AvgIpc) is 3.34. The Hall–Kier alpha value is -3.28. The van der Waals surface area contributed by atoms with Crippen LogP contribution in [0.2, 0.25) is 0 Å². The highest BCUT2D eigenvalue weighted by molar-refractivity contribution is 6.00. The molecule has 0 fully saturated rings. The smallest absolute Gasteiger partial charge is 0.273 e. The Labute approximate surface area is 183 Å². The van der Waals surface area contributed by atoms with E-state index >= 15 is 0 Å². The Kier molecular flexibility index (Phi) is 6.26. The lowest BCUT2D eigenvalue weighted by molar-refractivity contribution is 0.0740. The molecule has 4 rings (SSSR count). The van der Waals surface area contributed by atoms with Gasteiger partial charge in [0.25, 0.3) is 5.91 Å². The van der Waals surface area contributed by atoms with E-state index in [0.717, 1.165) is 59.7 Å². The zero-order valence-corrected chi connectivity index (χ0v) is 18.4. The molecular weight excluding hydrogens is 390 g/mol. The van der Waals surface area contributed by atoms with Crippen molar-refractivity contribution in [3.05, 3.63) is 65.4 Å². The summed E-state index contributed by atoms with van der Waals surface area (Å²) in [6, 6.07) is 15.7. The largest absolute Gasteiger partial charge is 0.497 e. The number of nitrogens with zero attached hydrogens (tertiary/aromatic N) is 2. The minimum absolute atomic E-state index is 0.0113. The van der Waals surface area contributed by atoms with Crippen molar-refractivity contribution in [1.29, 1.82) is 0 Å². The van der Waals surface area contributed by atoms with Crippen LogP contribution in [0.4, 0.5) is 0 Å². The first-order valence-corrected chi connectivity index (χ1v) is 10.9. The number of hydrogen-bond acceptors (Lipinski definition) is 4. The molecule has 0 bridgehead atoms. The van der Waals surface area contributed by atoms with Gasteiger partial charge >= 0.3 is 0 Å². The van der Waals surface area contributed by atoms with Crippen LogP contribution in [0.1, 0.15) is 60.8 Å². The summed E-state index contributed by atoms with van der Waals surface area (Å²) in [6.07, 6.45) is 3.18. The highest BCUT2D eigenvalue weighted by Gasteiger charge is 2.41. The van der Waals surface area contributed by atoms with Crippen molar-refractivity contribution in [3.8, 4) is 22.8 Å². The van der Waals surface area contributed by atoms with Crippen molar-refractivity contribution >= 4 is 5.91 Å². The molecule has 1 aliphatic heterocycles. The Morgan fingerprint density at radius 3 is 2.35 bits per heavy atom. The molecule has 1 atom stereocenters. The number of methoxy groups -OCH3 is 1. The van der Waals surface area contributed by atoms with Crippen molar-refractivity contribution < 1.29 is 14.3 Å². The Balaban J connectivity index is 1.76. The summed E-state index contributed by atoms with van der Waals surface area (Å²) in [7, 11) is 1.65. The summed E-state index contributed by atoms with van der Waals surface area (Å²) in [5.41, 5.74) is 4.35. The molecule has 162 valence electrons. The zero-order chi connectivity index (χ0) is 21.8. The zero-order valence-electron chi connectivity index (χ0n) is 18.4. The molecule has 2 aromatic carbocycles. The molecule has 6 nitrogen and oxygen atoms in total. The number of carbonyl (C=O) groups excluding carboxylic acids is 1. The van der Waals surface area contributed by atoms with E-state index in [9.17, 15) is 4.79 Å². The van der Waals surface area contributed by atoms with Crippen LogP contribution in [0.5, 0.6) is 11.5 Å². The Bertz CT molecular complexity index is 1030. The number of carbonyl (C=O) groups is 1. The number of benzene rings is 2. The molecule has 0 saturated heterocycles. The van der Waals surface area contributed by atoms with Gasteiger partial charge < -0.3 is 14.4 Å². The molecule has 2 heterocycles. The number of ether oxygens (including phenoxy) is 2. The highest BCUT2D eigenvalue weighted by atomic mass is 16.5. The minimum Gasteiger partial charge on any atom is -0.497 e. The predicted molar refractivity (Wildman–Crippen MR) is 121 cm³/mol. The van der Waals surface area contributed by atoms with E-state index in [-0.39, 0.29) is 11.9 Å². The second-order valence-electron chi connectivity index (χ2n) is 7.70. The predicted octanol–water partition coefficient (Wildman–Crippen LogP) is 5.22. The second kappa shape index (κ2) is 9.25. The van der Waals surface area contributed by atoms with E-state index in [4.69, 9.17) is 9.47 Å². The molecule has 3 aromatic rings. The van der Waals surface area contributed by atoms with E-state index in [1.54, 1.807) is 7.11 Å². The lowest BCUT2D eigenvalue weighted by Crippen LogP contribution is -2.30. The quantitative estimate of drug-likeness (QED) is 0.483. The number of unbranched alkanes of at least 4 members (excludes halogenated alkanes) is 2. The SMILES string of the molecule is CCCCCN1C(=O)c2[nH]nc(-c3ccc(OC)cc3)c2C1c1ccc(OCC)cc1. The van der Waals surface area contributed by atoms with Crippen LogP contribution in [-0.2, 0) is 0 Å². The van der Waals surface area contributed by atoms with E-state index < -0.39 is 0 Å². The lowest BCUT2D eigenvalue weighted by atomic mass is 9.96. The molecule has 31 heavy (non-hydrogen) atoms. The lowest BCUT2D eigenvalue weighted by Gasteiger charge is -2.26. The van der Waals surface area contributed by atoms with Crippen molar-refractivity contribution in [1.82, 2.24) is 15.1 Å². The van der Waals surface area contributed by atoms with Gasteiger partial charge in [0, 0.05) is 17.7 Å². The van der Waals surface area contributed by atoms with Gasteiger partial charge in [-0.25, -0.2) is 0 Å². The number of aromatic nitrogens is 2. The van der Waals surface area contributed by atoms with Gasteiger partial charge in [-0.15, -0.1) is 0 Å².